The smallest absolute Gasteiger partial charge is 0.142 e. The van der Waals surface area contributed by atoms with E-state index >= 15 is 0 Å². The molecule has 2 aromatic rings. The van der Waals surface area contributed by atoms with Crippen molar-refractivity contribution in [3.8, 4) is 5.75 Å². The summed E-state index contributed by atoms with van der Waals surface area (Å²) in [5, 5.41) is 3.34. The zero-order valence-corrected chi connectivity index (χ0v) is 11.1. The maximum atomic E-state index is 13.0. The molecule has 0 aliphatic heterocycles. The van der Waals surface area contributed by atoms with Crippen LogP contribution < -0.4 is 10.1 Å². The lowest BCUT2D eigenvalue weighted by Gasteiger charge is -2.20. The minimum absolute atomic E-state index is 0.109. The molecule has 1 heterocycles. The summed E-state index contributed by atoms with van der Waals surface area (Å²) in [6.45, 7) is 2.80. The Labute approximate surface area is 112 Å². The minimum Gasteiger partial charge on any atom is -0.495 e. The highest BCUT2D eigenvalue weighted by molar-refractivity contribution is 5.36. The lowest BCUT2D eigenvalue weighted by Crippen LogP contribution is -2.23. The molecule has 1 N–H and O–H groups in total. The first-order chi connectivity index (χ1) is 9.26. The van der Waals surface area contributed by atoms with Gasteiger partial charge in [-0.2, -0.15) is 0 Å². The fourth-order valence-electron chi connectivity index (χ4n) is 2.02. The number of methoxy groups -OCH3 is 1. The standard InChI is InChI=1S/C15H17FN2O/c1-3-17-14(11-6-8-12(16)9-7-11)15-13(19-2)5-4-10-18-15/h4-10,14,17H,3H2,1-2H3. The number of nitrogens with one attached hydrogen (secondary N) is 1. The normalized spacial score (nSPS) is 12.2. The minimum atomic E-state index is -0.244. The van der Waals surface area contributed by atoms with Crippen molar-refractivity contribution >= 4 is 0 Å². The van der Waals surface area contributed by atoms with Gasteiger partial charge in [-0.05, 0) is 36.4 Å². The van der Waals surface area contributed by atoms with Crippen LogP contribution in [0.5, 0.6) is 5.75 Å². The van der Waals surface area contributed by atoms with Gasteiger partial charge in [0.1, 0.15) is 17.3 Å². The van der Waals surface area contributed by atoms with Crippen molar-refractivity contribution in [1.82, 2.24) is 10.3 Å². The second kappa shape index (κ2) is 6.29. The van der Waals surface area contributed by atoms with Crippen LogP contribution in [0.1, 0.15) is 24.2 Å². The molecule has 100 valence electrons. The highest BCUT2D eigenvalue weighted by Crippen LogP contribution is 2.27. The van der Waals surface area contributed by atoms with Crippen LogP contribution in [0.4, 0.5) is 4.39 Å². The van der Waals surface area contributed by atoms with Crippen LogP contribution in [0.15, 0.2) is 42.6 Å². The molecule has 4 heteroatoms. The molecular weight excluding hydrogens is 243 g/mol. The third-order valence-electron chi connectivity index (χ3n) is 2.90. The molecule has 0 fully saturated rings. The van der Waals surface area contributed by atoms with Gasteiger partial charge in [0.25, 0.3) is 0 Å². The molecule has 0 amide bonds. The number of rotatable bonds is 5. The van der Waals surface area contributed by atoms with Crippen LogP contribution in [0.25, 0.3) is 0 Å². The zero-order valence-electron chi connectivity index (χ0n) is 11.1. The van der Waals surface area contributed by atoms with E-state index in [1.54, 1.807) is 25.4 Å². The Morgan fingerprint density at radius 2 is 2.00 bits per heavy atom. The molecule has 0 saturated heterocycles. The fraction of sp³-hybridized carbons (Fsp3) is 0.267. The number of aromatic nitrogens is 1. The summed E-state index contributed by atoms with van der Waals surface area (Å²) in [4.78, 5) is 4.39. The predicted octanol–water partition coefficient (Wildman–Crippen LogP) is 2.93. The van der Waals surface area contributed by atoms with Crippen LogP contribution in [0, 0.1) is 5.82 Å². The Kier molecular flexibility index (Phi) is 4.47. The monoisotopic (exact) mass is 260 g/mol. The second-order valence-corrected chi connectivity index (χ2v) is 4.13. The van der Waals surface area contributed by atoms with Crippen LogP contribution in [-0.4, -0.2) is 18.6 Å². The summed E-state index contributed by atoms with van der Waals surface area (Å²) in [6.07, 6.45) is 1.73. The van der Waals surface area contributed by atoms with E-state index in [9.17, 15) is 4.39 Å². The maximum Gasteiger partial charge on any atom is 0.142 e. The third kappa shape index (κ3) is 3.09. The van der Waals surface area contributed by atoms with Crippen molar-refractivity contribution in [2.24, 2.45) is 0 Å². The van der Waals surface area contributed by atoms with E-state index in [-0.39, 0.29) is 11.9 Å². The van der Waals surface area contributed by atoms with Crippen molar-refractivity contribution in [3.63, 3.8) is 0 Å². The molecule has 0 aliphatic carbocycles. The second-order valence-electron chi connectivity index (χ2n) is 4.13. The first kappa shape index (κ1) is 13.5. The number of pyridine rings is 1. The molecule has 0 spiro atoms. The van der Waals surface area contributed by atoms with Crippen LogP contribution in [0.2, 0.25) is 0 Å². The summed E-state index contributed by atoms with van der Waals surface area (Å²) in [7, 11) is 1.62. The highest BCUT2D eigenvalue weighted by atomic mass is 19.1. The number of hydrogen-bond donors (Lipinski definition) is 1. The van der Waals surface area contributed by atoms with Crippen molar-refractivity contribution in [1.29, 1.82) is 0 Å². The van der Waals surface area contributed by atoms with Gasteiger partial charge in [0.2, 0.25) is 0 Å². The van der Waals surface area contributed by atoms with Gasteiger partial charge in [-0.15, -0.1) is 0 Å². The molecule has 0 aliphatic rings. The topological polar surface area (TPSA) is 34.2 Å². The summed E-state index contributed by atoms with van der Waals surface area (Å²) in [6, 6.07) is 10.0. The molecule has 19 heavy (non-hydrogen) atoms. The molecule has 0 bridgehead atoms. The van der Waals surface area contributed by atoms with Gasteiger partial charge in [-0.25, -0.2) is 4.39 Å². The fourth-order valence-corrected chi connectivity index (χ4v) is 2.02. The van der Waals surface area contributed by atoms with Gasteiger partial charge in [-0.3, -0.25) is 4.98 Å². The van der Waals surface area contributed by atoms with Gasteiger partial charge in [0, 0.05) is 6.20 Å². The van der Waals surface area contributed by atoms with E-state index in [4.69, 9.17) is 4.74 Å². The van der Waals surface area contributed by atoms with Gasteiger partial charge in [0.15, 0.2) is 0 Å². The SMILES string of the molecule is CCNC(c1ccc(F)cc1)c1ncccc1OC. The lowest BCUT2D eigenvalue weighted by atomic mass is 10.0. The number of hydrogen-bond acceptors (Lipinski definition) is 3. The van der Waals surface area contributed by atoms with E-state index in [1.165, 1.54) is 12.1 Å². The molecule has 0 radical (unpaired) electrons. The number of nitrogens with zero attached hydrogens (tertiary/aromatic N) is 1. The molecule has 1 aromatic heterocycles. The molecule has 1 unspecified atom stereocenters. The van der Waals surface area contributed by atoms with Crippen molar-refractivity contribution < 1.29 is 9.13 Å². The molecular formula is C15H17FN2O. The third-order valence-corrected chi connectivity index (χ3v) is 2.90. The first-order valence-corrected chi connectivity index (χ1v) is 6.24. The Bertz CT molecular complexity index is 528. The van der Waals surface area contributed by atoms with Crippen LogP contribution in [-0.2, 0) is 0 Å². The van der Waals surface area contributed by atoms with E-state index in [0.717, 1.165) is 23.6 Å². The molecule has 3 nitrogen and oxygen atoms in total. The Hall–Kier alpha value is -1.94. The molecule has 1 atom stereocenters. The van der Waals surface area contributed by atoms with Crippen molar-refractivity contribution in [2.75, 3.05) is 13.7 Å². The molecule has 2 rings (SSSR count). The predicted molar refractivity (Wildman–Crippen MR) is 72.7 cm³/mol. The molecule has 0 saturated carbocycles. The number of ether oxygens (including phenoxy) is 1. The first-order valence-electron chi connectivity index (χ1n) is 6.24. The van der Waals surface area contributed by atoms with Crippen LogP contribution in [0.3, 0.4) is 0 Å². The van der Waals surface area contributed by atoms with Gasteiger partial charge in [-0.1, -0.05) is 19.1 Å². The van der Waals surface area contributed by atoms with E-state index in [0.29, 0.717) is 0 Å². The lowest BCUT2D eigenvalue weighted by molar-refractivity contribution is 0.400. The summed E-state index contributed by atoms with van der Waals surface area (Å²) in [5.74, 6) is 0.477. The average molecular weight is 260 g/mol. The Morgan fingerprint density at radius 1 is 1.26 bits per heavy atom. The van der Waals surface area contributed by atoms with Gasteiger partial charge in [0.05, 0.1) is 13.2 Å². The van der Waals surface area contributed by atoms with Crippen LogP contribution >= 0.6 is 0 Å². The molecule has 1 aromatic carbocycles. The summed E-state index contributed by atoms with van der Waals surface area (Å²) in [5.41, 5.74) is 1.76. The summed E-state index contributed by atoms with van der Waals surface area (Å²) < 4.78 is 18.4. The van der Waals surface area contributed by atoms with Crippen molar-refractivity contribution in [3.05, 3.63) is 59.7 Å². The van der Waals surface area contributed by atoms with E-state index in [2.05, 4.69) is 10.3 Å². The van der Waals surface area contributed by atoms with Gasteiger partial charge < -0.3 is 10.1 Å². The summed E-state index contributed by atoms with van der Waals surface area (Å²) >= 11 is 0. The van der Waals surface area contributed by atoms with Crippen molar-refractivity contribution in [2.45, 2.75) is 13.0 Å². The van der Waals surface area contributed by atoms with Gasteiger partial charge >= 0.3 is 0 Å². The zero-order chi connectivity index (χ0) is 13.7. The number of halogens is 1. The largest absolute Gasteiger partial charge is 0.495 e. The Morgan fingerprint density at radius 3 is 2.63 bits per heavy atom. The maximum absolute atomic E-state index is 13.0. The van der Waals surface area contributed by atoms with E-state index in [1.807, 2.05) is 19.1 Å². The number of benzene rings is 1. The quantitative estimate of drug-likeness (QED) is 0.897. The average Bonchev–Trinajstić information content (AvgIpc) is 2.46. The Balaban J connectivity index is 2.42. The van der Waals surface area contributed by atoms with E-state index < -0.39 is 0 Å². The highest BCUT2D eigenvalue weighted by Gasteiger charge is 2.18.